The Labute approximate surface area is 144 Å². The predicted molar refractivity (Wildman–Crippen MR) is 93.9 cm³/mol. The zero-order valence-corrected chi connectivity index (χ0v) is 14.5. The molecule has 0 saturated heterocycles. The monoisotopic (exact) mass is 374 g/mol. The number of carbonyl (C=O) groups excluding carboxylic acids is 2. The van der Waals surface area contributed by atoms with Crippen LogP contribution in [-0.4, -0.2) is 18.4 Å². The smallest absolute Gasteiger partial charge is 0.239 e. The molecule has 4 nitrogen and oxygen atoms in total. The summed E-state index contributed by atoms with van der Waals surface area (Å²) in [7, 11) is 0. The maximum atomic E-state index is 11.8. The number of amides is 2. The fourth-order valence-electron chi connectivity index (χ4n) is 2.16. The molecule has 0 atom stereocenters. The van der Waals surface area contributed by atoms with Gasteiger partial charge in [0.1, 0.15) is 0 Å². The van der Waals surface area contributed by atoms with Crippen molar-refractivity contribution in [1.82, 2.24) is 10.6 Å². The van der Waals surface area contributed by atoms with Gasteiger partial charge in [0.15, 0.2) is 0 Å². The van der Waals surface area contributed by atoms with Crippen molar-refractivity contribution in [3.8, 4) is 0 Å². The molecule has 0 fully saturated rings. The van der Waals surface area contributed by atoms with E-state index < -0.39 is 0 Å². The van der Waals surface area contributed by atoms with Crippen LogP contribution in [-0.2, 0) is 22.6 Å². The Hall–Kier alpha value is -2.14. The predicted octanol–water partition coefficient (Wildman–Crippen LogP) is 2.73. The van der Waals surface area contributed by atoms with Crippen LogP contribution in [0.5, 0.6) is 0 Å². The van der Waals surface area contributed by atoms with Crippen LogP contribution >= 0.6 is 15.9 Å². The van der Waals surface area contributed by atoms with Gasteiger partial charge in [-0.25, -0.2) is 0 Å². The summed E-state index contributed by atoms with van der Waals surface area (Å²) in [6.07, 6.45) is 0.255. The van der Waals surface area contributed by atoms with E-state index in [1.54, 1.807) is 0 Å². The standard InChI is InChI=1S/C18H19BrN2O2/c1-13-4-2-6-15(8-13)11-20-18(23)12-21-17(22)10-14-5-3-7-16(19)9-14/h2-9H,10-12H2,1H3,(H,20,23)(H,21,22). The quantitative estimate of drug-likeness (QED) is 0.816. The average Bonchev–Trinajstić information content (AvgIpc) is 2.51. The highest BCUT2D eigenvalue weighted by atomic mass is 79.9. The Kier molecular flexibility index (Phi) is 6.35. The van der Waals surface area contributed by atoms with Crippen molar-refractivity contribution >= 4 is 27.7 Å². The summed E-state index contributed by atoms with van der Waals surface area (Å²) in [6.45, 7) is 2.45. The van der Waals surface area contributed by atoms with Gasteiger partial charge < -0.3 is 10.6 Å². The van der Waals surface area contributed by atoms with E-state index in [1.807, 2.05) is 55.5 Å². The van der Waals surface area contributed by atoms with Gasteiger partial charge in [0.2, 0.25) is 11.8 Å². The molecule has 0 aliphatic heterocycles. The average molecular weight is 375 g/mol. The van der Waals surface area contributed by atoms with Crippen molar-refractivity contribution in [3.63, 3.8) is 0 Å². The first kappa shape index (κ1) is 17.2. The molecule has 0 heterocycles. The van der Waals surface area contributed by atoms with E-state index in [2.05, 4.69) is 26.6 Å². The minimum atomic E-state index is -0.200. The largest absolute Gasteiger partial charge is 0.350 e. The number of rotatable bonds is 6. The van der Waals surface area contributed by atoms with Crippen LogP contribution in [0.15, 0.2) is 53.0 Å². The fourth-order valence-corrected chi connectivity index (χ4v) is 2.61. The van der Waals surface area contributed by atoms with Crippen LogP contribution < -0.4 is 10.6 Å². The molecule has 0 unspecified atom stereocenters. The van der Waals surface area contributed by atoms with Crippen LogP contribution in [0.3, 0.4) is 0 Å². The Balaban J connectivity index is 1.72. The molecular formula is C18H19BrN2O2. The Morgan fingerprint density at radius 2 is 1.70 bits per heavy atom. The highest BCUT2D eigenvalue weighted by Crippen LogP contribution is 2.11. The van der Waals surface area contributed by atoms with E-state index in [4.69, 9.17) is 0 Å². The molecule has 2 rings (SSSR count). The van der Waals surface area contributed by atoms with Crippen molar-refractivity contribution in [3.05, 3.63) is 69.7 Å². The molecule has 0 aromatic heterocycles. The summed E-state index contributed by atoms with van der Waals surface area (Å²) < 4.78 is 0.929. The van der Waals surface area contributed by atoms with Crippen LogP contribution in [0.25, 0.3) is 0 Å². The Morgan fingerprint density at radius 1 is 0.957 bits per heavy atom. The van der Waals surface area contributed by atoms with Gasteiger partial charge in [-0.15, -0.1) is 0 Å². The molecule has 23 heavy (non-hydrogen) atoms. The van der Waals surface area contributed by atoms with Crippen molar-refractivity contribution in [2.24, 2.45) is 0 Å². The van der Waals surface area contributed by atoms with Gasteiger partial charge >= 0.3 is 0 Å². The molecule has 0 saturated carbocycles. The van der Waals surface area contributed by atoms with Crippen LogP contribution in [0.1, 0.15) is 16.7 Å². The molecule has 0 aliphatic rings. The molecule has 5 heteroatoms. The first-order chi connectivity index (χ1) is 11.0. The van der Waals surface area contributed by atoms with Gasteiger partial charge in [0.25, 0.3) is 0 Å². The number of aryl methyl sites for hydroxylation is 1. The topological polar surface area (TPSA) is 58.2 Å². The molecule has 0 spiro atoms. The summed E-state index contributed by atoms with van der Waals surface area (Å²) in [5.41, 5.74) is 3.09. The van der Waals surface area contributed by atoms with Crippen molar-refractivity contribution in [2.75, 3.05) is 6.54 Å². The van der Waals surface area contributed by atoms with Crippen LogP contribution in [0.4, 0.5) is 0 Å². The molecule has 0 radical (unpaired) electrons. The summed E-state index contributed by atoms with van der Waals surface area (Å²) in [5.74, 6) is -0.372. The third-order valence-corrected chi connectivity index (χ3v) is 3.77. The minimum Gasteiger partial charge on any atom is -0.350 e. The second-order valence-corrected chi connectivity index (χ2v) is 6.26. The zero-order chi connectivity index (χ0) is 16.7. The van der Waals surface area contributed by atoms with E-state index in [0.29, 0.717) is 6.54 Å². The van der Waals surface area contributed by atoms with Gasteiger partial charge in [0, 0.05) is 11.0 Å². The number of halogens is 1. The third kappa shape index (κ3) is 6.24. The second kappa shape index (κ2) is 8.48. The number of benzene rings is 2. The van der Waals surface area contributed by atoms with E-state index >= 15 is 0 Å². The lowest BCUT2D eigenvalue weighted by Crippen LogP contribution is -2.37. The first-order valence-electron chi connectivity index (χ1n) is 7.36. The van der Waals surface area contributed by atoms with Crippen LogP contribution in [0.2, 0.25) is 0 Å². The Bertz CT molecular complexity index is 701. The van der Waals surface area contributed by atoms with Crippen LogP contribution in [0, 0.1) is 6.92 Å². The minimum absolute atomic E-state index is 0.0152. The number of hydrogen-bond donors (Lipinski definition) is 2. The second-order valence-electron chi connectivity index (χ2n) is 5.35. The highest BCUT2D eigenvalue weighted by molar-refractivity contribution is 9.10. The summed E-state index contributed by atoms with van der Waals surface area (Å²) >= 11 is 3.37. The van der Waals surface area contributed by atoms with E-state index in [0.717, 1.165) is 21.2 Å². The molecule has 2 N–H and O–H groups in total. The lowest BCUT2D eigenvalue weighted by atomic mass is 10.1. The van der Waals surface area contributed by atoms with E-state index in [-0.39, 0.29) is 24.8 Å². The lowest BCUT2D eigenvalue weighted by molar-refractivity contribution is -0.125. The normalized spacial score (nSPS) is 10.2. The van der Waals surface area contributed by atoms with Gasteiger partial charge in [-0.2, -0.15) is 0 Å². The maximum Gasteiger partial charge on any atom is 0.239 e. The molecular weight excluding hydrogens is 356 g/mol. The summed E-state index contributed by atoms with van der Waals surface area (Å²) in [6, 6.07) is 15.5. The van der Waals surface area contributed by atoms with Gasteiger partial charge in [-0.05, 0) is 30.2 Å². The van der Waals surface area contributed by atoms with Crippen molar-refractivity contribution in [1.29, 1.82) is 0 Å². The molecule has 120 valence electrons. The molecule has 2 amide bonds. The van der Waals surface area contributed by atoms with E-state index in [1.165, 1.54) is 0 Å². The van der Waals surface area contributed by atoms with Gasteiger partial charge in [-0.3, -0.25) is 9.59 Å². The lowest BCUT2D eigenvalue weighted by Gasteiger charge is -2.08. The zero-order valence-electron chi connectivity index (χ0n) is 12.9. The number of nitrogens with one attached hydrogen (secondary N) is 2. The SMILES string of the molecule is Cc1cccc(CNC(=O)CNC(=O)Cc2cccc(Br)c2)c1. The number of hydrogen-bond acceptors (Lipinski definition) is 2. The van der Waals surface area contributed by atoms with Crippen molar-refractivity contribution in [2.45, 2.75) is 19.9 Å². The molecule has 2 aromatic rings. The van der Waals surface area contributed by atoms with Gasteiger partial charge in [0.05, 0.1) is 13.0 Å². The highest BCUT2D eigenvalue weighted by Gasteiger charge is 2.07. The van der Waals surface area contributed by atoms with Crippen molar-refractivity contribution < 1.29 is 9.59 Å². The summed E-state index contributed by atoms with van der Waals surface area (Å²) in [4.78, 5) is 23.6. The Morgan fingerprint density at radius 3 is 2.43 bits per heavy atom. The molecule has 0 bridgehead atoms. The molecule has 0 aliphatic carbocycles. The first-order valence-corrected chi connectivity index (χ1v) is 8.15. The van der Waals surface area contributed by atoms with Gasteiger partial charge in [-0.1, -0.05) is 57.9 Å². The third-order valence-electron chi connectivity index (χ3n) is 3.27. The fraction of sp³-hybridized carbons (Fsp3) is 0.222. The van der Waals surface area contributed by atoms with E-state index in [9.17, 15) is 9.59 Å². The summed E-state index contributed by atoms with van der Waals surface area (Å²) in [5, 5.41) is 5.43. The number of carbonyl (C=O) groups is 2. The maximum absolute atomic E-state index is 11.8. The molecule has 2 aromatic carbocycles.